The lowest BCUT2D eigenvalue weighted by molar-refractivity contribution is 0.0834. The highest BCUT2D eigenvalue weighted by molar-refractivity contribution is 5.77. The van der Waals surface area contributed by atoms with Gasteiger partial charge in [0, 0.05) is 17.8 Å². The number of aliphatic hydroxyl groups is 2. The average molecular weight is 397 g/mol. The normalized spacial score (nSPS) is 23.1. The molecule has 0 saturated heterocycles. The molecule has 1 aliphatic carbocycles. The molecule has 1 aromatic heterocycles. The molecule has 2 heterocycles. The standard InChI is InChI=1S/C21H27N5O3/c1-21(2)16-10-22-19(23-14-8-15(28)9-14)24-17(16)11-26(21)20(29)25-18(12-27)13-6-4-3-5-7-13/h3-7,10,14-15,18,27-28H,8-9,11-12H2,1-2H3,(H,25,29)(H,22,23,24)/t14-,15-,18-/m1/s1. The van der Waals surface area contributed by atoms with Crippen molar-refractivity contribution >= 4 is 12.0 Å². The number of nitrogens with one attached hydrogen (secondary N) is 2. The van der Waals surface area contributed by atoms with E-state index in [2.05, 4.69) is 20.6 Å². The van der Waals surface area contributed by atoms with Crippen LogP contribution >= 0.6 is 0 Å². The summed E-state index contributed by atoms with van der Waals surface area (Å²) in [6.45, 7) is 4.12. The third-order valence-electron chi connectivity index (χ3n) is 5.88. The Morgan fingerprint density at radius 3 is 2.69 bits per heavy atom. The van der Waals surface area contributed by atoms with Crippen molar-refractivity contribution in [1.82, 2.24) is 20.2 Å². The van der Waals surface area contributed by atoms with Gasteiger partial charge in [0.05, 0.1) is 36.5 Å². The first-order chi connectivity index (χ1) is 13.9. The fourth-order valence-corrected chi connectivity index (χ4v) is 3.97. The fraction of sp³-hybridized carbons (Fsp3) is 0.476. The Morgan fingerprint density at radius 1 is 1.31 bits per heavy atom. The lowest BCUT2D eigenvalue weighted by Gasteiger charge is -2.33. The Morgan fingerprint density at radius 2 is 2.03 bits per heavy atom. The van der Waals surface area contributed by atoms with Crippen molar-refractivity contribution in [1.29, 1.82) is 0 Å². The number of anilines is 1. The molecule has 8 nitrogen and oxygen atoms in total. The molecule has 1 atom stereocenters. The van der Waals surface area contributed by atoms with Crippen molar-refractivity contribution in [3.8, 4) is 0 Å². The van der Waals surface area contributed by atoms with Crippen molar-refractivity contribution < 1.29 is 15.0 Å². The summed E-state index contributed by atoms with van der Waals surface area (Å²) < 4.78 is 0. The van der Waals surface area contributed by atoms with E-state index in [-0.39, 0.29) is 24.8 Å². The minimum atomic E-state index is -0.568. The number of carbonyl (C=O) groups is 1. The highest BCUT2D eigenvalue weighted by atomic mass is 16.3. The van der Waals surface area contributed by atoms with Gasteiger partial charge in [-0.05, 0) is 32.3 Å². The van der Waals surface area contributed by atoms with Crippen LogP contribution in [0.1, 0.15) is 49.6 Å². The SMILES string of the molecule is CC1(C)c2cnc(N[C@H]3C[C@H](O)C3)nc2CN1C(=O)N[C@H](CO)c1ccccc1. The quantitative estimate of drug-likeness (QED) is 0.613. The van der Waals surface area contributed by atoms with Gasteiger partial charge in [-0.2, -0.15) is 0 Å². The zero-order valence-corrected chi connectivity index (χ0v) is 16.7. The van der Waals surface area contributed by atoms with Gasteiger partial charge in [0.1, 0.15) is 0 Å². The molecule has 2 aromatic rings. The van der Waals surface area contributed by atoms with E-state index >= 15 is 0 Å². The number of nitrogens with zero attached hydrogens (tertiary/aromatic N) is 3. The van der Waals surface area contributed by atoms with E-state index in [0.717, 1.165) is 16.8 Å². The highest BCUT2D eigenvalue weighted by Crippen LogP contribution is 2.38. The Bertz CT molecular complexity index is 883. The van der Waals surface area contributed by atoms with Crippen molar-refractivity contribution in [3.05, 3.63) is 53.3 Å². The van der Waals surface area contributed by atoms with Gasteiger partial charge in [-0.3, -0.25) is 0 Å². The predicted molar refractivity (Wildman–Crippen MR) is 108 cm³/mol. The number of amides is 2. The van der Waals surface area contributed by atoms with Gasteiger partial charge in [0.15, 0.2) is 0 Å². The molecule has 0 radical (unpaired) electrons. The maximum atomic E-state index is 13.0. The molecule has 1 fully saturated rings. The average Bonchev–Trinajstić information content (AvgIpc) is 2.96. The second-order valence-corrected chi connectivity index (χ2v) is 8.26. The van der Waals surface area contributed by atoms with Crippen molar-refractivity contribution in [3.63, 3.8) is 0 Å². The summed E-state index contributed by atoms with van der Waals surface area (Å²) in [6, 6.07) is 8.87. The number of aromatic nitrogens is 2. The van der Waals surface area contributed by atoms with E-state index in [0.29, 0.717) is 25.3 Å². The minimum Gasteiger partial charge on any atom is -0.394 e. The van der Waals surface area contributed by atoms with E-state index in [1.807, 2.05) is 44.2 Å². The van der Waals surface area contributed by atoms with E-state index in [1.54, 1.807) is 11.1 Å². The van der Waals surface area contributed by atoms with E-state index in [4.69, 9.17) is 0 Å². The summed E-state index contributed by atoms with van der Waals surface area (Å²) in [5, 5.41) is 25.4. The lowest BCUT2D eigenvalue weighted by atomic mass is 9.90. The number of aliphatic hydroxyl groups excluding tert-OH is 2. The van der Waals surface area contributed by atoms with Gasteiger partial charge in [-0.15, -0.1) is 0 Å². The van der Waals surface area contributed by atoms with E-state index in [1.165, 1.54) is 0 Å². The topological polar surface area (TPSA) is 111 Å². The van der Waals surface area contributed by atoms with Gasteiger partial charge in [0.25, 0.3) is 0 Å². The molecule has 0 spiro atoms. The molecule has 29 heavy (non-hydrogen) atoms. The molecule has 2 aliphatic rings. The van der Waals surface area contributed by atoms with E-state index < -0.39 is 11.6 Å². The lowest BCUT2D eigenvalue weighted by Crippen LogP contribution is -2.47. The zero-order chi connectivity index (χ0) is 20.6. The van der Waals surface area contributed by atoms with Crippen LogP contribution in [0.2, 0.25) is 0 Å². The second-order valence-electron chi connectivity index (χ2n) is 8.26. The van der Waals surface area contributed by atoms with Crippen LogP contribution in [0.25, 0.3) is 0 Å². The van der Waals surface area contributed by atoms with Crippen LogP contribution < -0.4 is 10.6 Å². The molecule has 0 unspecified atom stereocenters. The van der Waals surface area contributed by atoms with Crippen LogP contribution in [-0.4, -0.2) is 49.9 Å². The molecule has 154 valence electrons. The van der Waals surface area contributed by atoms with Crippen molar-refractivity contribution in [2.24, 2.45) is 0 Å². The van der Waals surface area contributed by atoms with Gasteiger partial charge in [-0.1, -0.05) is 30.3 Å². The third-order valence-corrected chi connectivity index (χ3v) is 5.88. The Kier molecular flexibility index (Phi) is 5.14. The van der Waals surface area contributed by atoms with Crippen LogP contribution in [0, 0.1) is 0 Å². The van der Waals surface area contributed by atoms with Gasteiger partial charge in [0.2, 0.25) is 5.95 Å². The Labute approximate surface area is 170 Å². The molecule has 2 amide bonds. The fourth-order valence-electron chi connectivity index (χ4n) is 3.97. The first kappa shape index (κ1) is 19.6. The summed E-state index contributed by atoms with van der Waals surface area (Å²) >= 11 is 0. The maximum Gasteiger partial charge on any atom is 0.319 e. The van der Waals surface area contributed by atoms with Crippen LogP contribution in [0.4, 0.5) is 10.7 Å². The summed E-state index contributed by atoms with van der Waals surface area (Å²) in [4.78, 5) is 23.8. The predicted octanol–water partition coefficient (Wildman–Crippen LogP) is 1.91. The molecule has 8 heteroatoms. The summed E-state index contributed by atoms with van der Waals surface area (Å²) in [7, 11) is 0. The Hall–Kier alpha value is -2.71. The third kappa shape index (κ3) is 3.77. The first-order valence-corrected chi connectivity index (χ1v) is 9.93. The number of carbonyl (C=O) groups excluding carboxylic acids is 1. The number of rotatable bonds is 5. The summed E-state index contributed by atoms with van der Waals surface area (Å²) in [5.74, 6) is 0.524. The monoisotopic (exact) mass is 397 g/mol. The number of benzene rings is 1. The number of hydrogen-bond acceptors (Lipinski definition) is 6. The first-order valence-electron chi connectivity index (χ1n) is 9.93. The smallest absolute Gasteiger partial charge is 0.319 e. The minimum absolute atomic E-state index is 0.182. The number of hydrogen-bond donors (Lipinski definition) is 4. The van der Waals surface area contributed by atoms with Gasteiger partial charge >= 0.3 is 6.03 Å². The maximum absolute atomic E-state index is 13.0. The van der Waals surface area contributed by atoms with Gasteiger partial charge in [-0.25, -0.2) is 14.8 Å². The highest BCUT2D eigenvalue weighted by Gasteiger charge is 2.42. The van der Waals surface area contributed by atoms with Crippen molar-refractivity contribution in [2.45, 2.75) is 57.0 Å². The molecule has 1 aromatic carbocycles. The van der Waals surface area contributed by atoms with Crippen LogP contribution in [0.15, 0.2) is 36.5 Å². The Balaban J connectivity index is 1.48. The van der Waals surface area contributed by atoms with Gasteiger partial charge < -0.3 is 25.7 Å². The summed E-state index contributed by atoms with van der Waals surface area (Å²) in [6.07, 6.45) is 2.92. The zero-order valence-electron chi connectivity index (χ0n) is 16.7. The number of urea groups is 1. The van der Waals surface area contributed by atoms with E-state index in [9.17, 15) is 15.0 Å². The molecule has 1 aliphatic heterocycles. The molecular weight excluding hydrogens is 370 g/mol. The summed E-state index contributed by atoms with van der Waals surface area (Å²) in [5.41, 5.74) is 2.00. The molecule has 4 rings (SSSR count). The molecule has 0 bridgehead atoms. The van der Waals surface area contributed by atoms with Crippen LogP contribution in [0.5, 0.6) is 0 Å². The number of fused-ring (bicyclic) bond motifs is 1. The largest absolute Gasteiger partial charge is 0.394 e. The van der Waals surface area contributed by atoms with Crippen LogP contribution in [-0.2, 0) is 12.1 Å². The molecular formula is C21H27N5O3. The van der Waals surface area contributed by atoms with Crippen molar-refractivity contribution in [2.75, 3.05) is 11.9 Å². The molecule has 1 saturated carbocycles. The second kappa shape index (κ2) is 7.61. The van der Waals surface area contributed by atoms with Crippen LogP contribution in [0.3, 0.4) is 0 Å². The molecule has 4 N–H and O–H groups in total.